The number of anilines is 1. The van der Waals surface area contributed by atoms with E-state index >= 15 is 0 Å². The Bertz CT molecular complexity index is 969. The van der Waals surface area contributed by atoms with Crippen molar-refractivity contribution < 1.29 is 24.2 Å². The van der Waals surface area contributed by atoms with E-state index in [9.17, 15) is 9.59 Å². The number of ether oxygens (including phenoxy) is 2. The average Bonchev–Trinajstić information content (AvgIpc) is 2.79. The predicted octanol–water partition coefficient (Wildman–Crippen LogP) is 3.94. The minimum atomic E-state index is -0.968. The van der Waals surface area contributed by atoms with Crippen LogP contribution in [0.3, 0.4) is 0 Å². The van der Waals surface area contributed by atoms with Crippen LogP contribution in [0.25, 0.3) is 0 Å². The van der Waals surface area contributed by atoms with Gasteiger partial charge < -0.3 is 19.9 Å². The summed E-state index contributed by atoms with van der Waals surface area (Å²) in [7, 11) is 0. The number of amides is 1. The maximum absolute atomic E-state index is 12.3. The van der Waals surface area contributed by atoms with Crippen molar-refractivity contribution >= 4 is 17.6 Å². The molecule has 0 saturated carbocycles. The quantitative estimate of drug-likeness (QED) is 0.555. The highest BCUT2D eigenvalue weighted by molar-refractivity contribution is 5.97. The zero-order valence-corrected chi connectivity index (χ0v) is 16.6. The highest BCUT2D eigenvalue weighted by atomic mass is 16.5. The van der Waals surface area contributed by atoms with E-state index < -0.39 is 18.0 Å². The van der Waals surface area contributed by atoms with Crippen molar-refractivity contribution in [2.24, 2.45) is 0 Å². The number of hydrogen-bond donors (Lipinski definition) is 2. The molecule has 3 aromatic rings. The van der Waals surface area contributed by atoms with E-state index in [0.717, 1.165) is 5.56 Å². The van der Waals surface area contributed by atoms with Gasteiger partial charge in [-0.2, -0.15) is 0 Å². The van der Waals surface area contributed by atoms with Crippen LogP contribution in [-0.4, -0.2) is 23.1 Å². The third kappa shape index (κ3) is 5.93. The Morgan fingerprint density at radius 3 is 2.20 bits per heavy atom. The molecule has 1 atom stereocenters. The van der Waals surface area contributed by atoms with E-state index in [2.05, 4.69) is 5.32 Å². The van der Waals surface area contributed by atoms with Gasteiger partial charge in [0.2, 0.25) is 0 Å². The third-order valence-electron chi connectivity index (χ3n) is 4.40. The Morgan fingerprint density at radius 2 is 1.57 bits per heavy atom. The molecule has 3 rings (SSSR count). The molecule has 0 fully saturated rings. The van der Waals surface area contributed by atoms with Crippen molar-refractivity contribution in [3.05, 3.63) is 95.6 Å². The van der Waals surface area contributed by atoms with Crippen LogP contribution < -0.4 is 10.1 Å². The Kier molecular flexibility index (Phi) is 7.19. The van der Waals surface area contributed by atoms with Crippen molar-refractivity contribution in [1.29, 1.82) is 0 Å². The summed E-state index contributed by atoms with van der Waals surface area (Å²) in [6.45, 7) is 1.86. The van der Waals surface area contributed by atoms with Gasteiger partial charge in [-0.1, -0.05) is 42.5 Å². The van der Waals surface area contributed by atoms with Gasteiger partial charge in [-0.3, -0.25) is 4.79 Å². The van der Waals surface area contributed by atoms with Gasteiger partial charge in [0.25, 0.3) is 5.91 Å². The van der Waals surface area contributed by atoms with Crippen LogP contribution in [-0.2, 0) is 22.7 Å². The lowest BCUT2D eigenvalue weighted by Crippen LogP contribution is -2.30. The number of benzene rings is 3. The molecule has 0 spiro atoms. The monoisotopic (exact) mass is 405 g/mol. The molecule has 0 heterocycles. The van der Waals surface area contributed by atoms with Crippen LogP contribution in [0.2, 0.25) is 0 Å². The lowest BCUT2D eigenvalue weighted by Gasteiger charge is -2.14. The van der Waals surface area contributed by atoms with Crippen LogP contribution in [0.5, 0.6) is 5.75 Å². The third-order valence-corrected chi connectivity index (χ3v) is 4.40. The van der Waals surface area contributed by atoms with E-state index in [1.165, 1.54) is 6.92 Å². The van der Waals surface area contributed by atoms with Gasteiger partial charge in [0.15, 0.2) is 6.10 Å². The summed E-state index contributed by atoms with van der Waals surface area (Å²) in [5.41, 5.74) is 2.64. The lowest BCUT2D eigenvalue weighted by molar-refractivity contribution is -0.123. The second-order valence-electron chi connectivity index (χ2n) is 6.69. The van der Waals surface area contributed by atoms with Crippen molar-refractivity contribution in [3.8, 4) is 5.75 Å². The van der Waals surface area contributed by atoms with E-state index in [4.69, 9.17) is 14.6 Å². The molecule has 0 aliphatic carbocycles. The van der Waals surface area contributed by atoms with Gasteiger partial charge in [-0.25, -0.2) is 4.79 Å². The number of rotatable bonds is 8. The van der Waals surface area contributed by atoms with Gasteiger partial charge in [0, 0.05) is 5.69 Å². The molecule has 30 heavy (non-hydrogen) atoms. The predicted molar refractivity (Wildman–Crippen MR) is 113 cm³/mol. The SMILES string of the molecule is C[C@H](OC(=O)c1ccc(CO)cc1)C(=O)Nc1ccc(OCc2ccccc2)cc1. The normalized spacial score (nSPS) is 11.4. The summed E-state index contributed by atoms with van der Waals surface area (Å²) < 4.78 is 10.9. The smallest absolute Gasteiger partial charge is 0.338 e. The summed E-state index contributed by atoms with van der Waals surface area (Å²) in [5.74, 6) is -0.359. The fourth-order valence-electron chi connectivity index (χ4n) is 2.65. The fourth-order valence-corrected chi connectivity index (χ4v) is 2.65. The number of aliphatic hydroxyl groups excluding tert-OH is 1. The first-order chi connectivity index (χ1) is 14.5. The first-order valence-electron chi connectivity index (χ1n) is 9.53. The standard InChI is InChI=1S/C24H23NO5/c1-17(30-24(28)20-9-7-18(15-26)8-10-20)23(27)25-21-11-13-22(14-12-21)29-16-19-5-3-2-4-6-19/h2-14,17,26H,15-16H2,1H3,(H,25,27)/t17-/m0/s1. The largest absolute Gasteiger partial charge is 0.489 e. The minimum Gasteiger partial charge on any atom is -0.489 e. The second kappa shape index (κ2) is 10.2. The number of hydrogen-bond acceptors (Lipinski definition) is 5. The van der Waals surface area contributed by atoms with Crippen LogP contribution in [0.1, 0.15) is 28.4 Å². The molecular weight excluding hydrogens is 382 g/mol. The summed E-state index contributed by atoms with van der Waals surface area (Å²) in [6.07, 6.45) is -0.968. The molecular formula is C24H23NO5. The molecule has 0 radical (unpaired) electrons. The molecule has 0 unspecified atom stereocenters. The van der Waals surface area contributed by atoms with Crippen molar-refractivity contribution in [3.63, 3.8) is 0 Å². The van der Waals surface area contributed by atoms with Gasteiger partial charge in [-0.05, 0) is 54.4 Å². The highest BCUT2D eigenvalue weighted by Crippen LogP contribution is 2.18. The van der Waals surface area contributed by atoms with Crippen molar-refractivity contribution in [2.75, 3.05) is 5.32 Å². The Labute approximate surface area is 175 Å². The average molecular weight is 405 g/mol. The van der Waals surface area contributed by atoms with Gasteiger partial charge >= 0.3 is 5.97 Å². The highest BCUT2D eigenvalue weighted by Gasteiger charge is 2.19. The second-order valence-corrected chi connectivity index (χ2v) is 6.69. The maximum Gasteiger partial charge on any atom is 0.338 e. The Balaban J connectivity index is 1.49. The molecule has 0 aromatic heterocycles. The fraction of sp³-hybridized carbons (Fsp3) is 0.167. The lowest BCUT2D eigenvalue weighted by atomic mass is 10.1. The number of nitrogens with one attached hydrogen (secondary N) is 1. The molecule has 154 valence electrons. The van der Waals surface area contributed by atoms with Crippen LogP contribution >= 0.6 is 0 Å². The number of carbonyl (C=O) groups is 2. The first-order valence-corrected chi connectivity index (χ1v) is 9.53. The van der Waals surface area contributed by atoms with Crippen molar-refractivity contribution in [2.45, 2.75) is 26.2 Å². The number of carbonyl (C=O) groups excluding carboxylic acids is 2. The minimum absolute atomic E-state index is 0.107. The topological polar surface area (TPSA) is 84.9 Å². The summed E-state index contributed by atoms with van der Waals surface area (Å²) >= 11 is 0. The molecule has 6 heteroatoms. The van der Waals surface area contributed by atoms with E-state index in [1.807, 2.05) is 30.3 Å². The van der Waals surface area contributed by atoms with Crippen molar-refractivity contribution in [1.82, 2.24) is 0 Å². The molecule has 0 aliphatic rings. The molecule has 0 bridgehead atoms. The van der Waals surface area contributed by atoms with Gasteiger partial charge in [0.05, 0.1) is 12.2 Å². The molecule has 0 saturated heterocycles. The zero-order valence-electron chi connectivity index (χ0n) is 16.6. The van der Waals surface area contributed by atoms with Gasteiger partial charge in [-0.15, -0.1) is 0 Å². The molecule has 0 aliphatic heterocycles. The summed E-state index contributed by atoms with van der Waals surface area (Å²) in [4.78, 5) is 24.5. The number of aliphatic hydroxyl groups is 1. The molecule has 2 N–H and O–H groups in total. The maximum atomic E-state index is 12.3. The number of esters is 1. The summed E-state index contributed by atoms with van der Waals surface area (Å²) in [6, 6.07) is 23.1. The Hall–Kier alpha value is -3.64. The zero-order chi connectivity index (χ0) is 21.3. The van der Waals surface area contributed by atoms with Crippen LogP contribution in [0, 0.1) is 0 Å². The van der Waals surface area contributed by atoms with E-state index in [0.29, 0.717) is 29.2 Å². The molecule has 6 nitrogen and oxygen atoms in total. The first kappa shape index (κ1) is 21.1. The molecule has 1 amide bonds. The van der Waals surface area contributed by atoms with E-state index in [1.54, 1.807) is 48.5 Å². The summed E-state index contributed by atoms with van der Waals surface area (Å²) in [5, 5.41) is 11.8. The van der Waals surface area contributed by atoms with Crippen LogP contribution in [0.15, 0.2) is 78.9 Å². The van der Waals surface area contributed by atoms with Crippen LogP contribution in [0.4, 0.5) is 5.69 Å². The Morgan fingerprint density at radius 1 is 0.900 bits per heavy atom. The molecule has 3 aromatic carbocycles. The van der Waals surface area contributed by atoms with Gasteiger partial charge in [0.1, 0.15) is 12.4 Å². The van der Waals surface area contributed by atoms with E-state index in [-0.39, 0.29) is 6.61 Å².